The maximum atomic E-state index is 13.7. The highest BCUT2D eigenvalue weighted by molar-refractivity contribution is 7.98. The summed E-state index contributed by atoms with van der Waals surface area (Å²) in [5, 5.41) is 0. The molecule has 0 unspecified atom stereocenters. The van der Waals surface area contributed by atoms with Crippen molar-refractivity contribution in [1.82, 2.24) is 4.98 Å². The predicted octanol–water partition coefficient (Wildman–Crippen LogP) is 4.59. The van der Waals surface area contributed by atoms with Gasteiger partial charge < -0.3 is 0 Å². The van der Waals surface area contributed by atoms with E-state index in [0.29, 0.717) is 17.9 Å². The summed E-state index contributed by atoms with van der Waals surface area (Å²) in [5.41, 5.74) is 1.21. The number of halogens is 3. The van der Waals surface area contributed by atoms with Crippen molar-refractivity contribution in [2.75, 3.05) is 4.72 Å². The lowest BCUT2D eigenvalue weighted by atomic mass is 10.3. The lowest BCUT2D eigenvalue weighted by Gasteiger charge is -2.10. The molecular weight excluding hydrogens is 397 g/mol. The van der Waals surface area contributed by atoms with Gasteiger partial charge in [0.25, 0.3) is 10.0 Å². The number of nitrogens with zero attached hydrogens (tertiary/aromatic N) is 1. The quantitative estimate of drug-likeness (QED) is 0.477. The molecule has 1 heterocycles. The summed E-state index contributed by atoms with van der Waals surface area (Å²) in [6.45, 7) is 0. The SMILES string of the molecule is O=S(=O)(Nc1ccc(SCc2cccnc2)cc1)c1ccc(F)c(F)c1F. The molecule has 0 aliphatic carbocycles. The molecule has 0 bridgehead atoms. The highest BCUT2D eigenvalue weighted by atomic mass is 32.2. The van der Waals surface area contributed by atoms with E-state index < -0.39 is 32.4 Å². The van der Waals surface area contributed by atoms with Crippen LogP contribution in [0.1, 0.15) is 5.56 Å². The van der Waals surface area contributed by atoms with Crippen molar-refractivity contribution in [2.24, 2.45) is 0 Å². The second-order valence-electron chi connectivity index (χ2n) is 5.45. The summed E-state index contributed by atoms with van der Waals surface area (Å²) >= 11 is 1.53. The number of pyridine rings is 1. The molecule has 0 fully saturated rings. The highest BCUT2D eigenvalue weighted by Gasteiger charge is 2.24. The first-order valence-electron chi connectivity index (χ1n) is 7.65. The van der Waals surface area contributed by atoms with E-state index in [1.54, 1.807) is 24.5 Å². The Morgan fingerprint density at radius 1 is 0.963 bits per heavy atom. The van der Waals surface area contributed by atoms with E-state index in [0.717, 1.165) is 10.5 Å². The Morgan fingerprint density at radius 3 is 2.37 bits per heavy atom. The summed E-state index contributed by atoms with van der Waals surface area (Å²) in [5.74, 6) is -4.36. The van der Waals surface area contributed by atoms with Gasteiger partial charge in [0.15, 0.2) is 17.5 Å². The Balaban J connectivity index is 1.71. The molecule has 0 amide bonds. The van der Waals surface area contributed by atoms with Gasteiger partial charge in [-0.05, 0) is 48.0 Å². The molecule has 0 aliphatic heterocycles. The fourth-order valence-electron chi connectivity index (χ4n) is 2.20. The highest BCUT2D eigenvalue weighted by Crippen LogP contribution is 2.26. The number of hydrogen-bond donors (Lipinski definition) is 1. The molecule has 0 radical (unpaired) electrons. The topological polar surface area (TPSA) is 59.1 Å². The fraction of sp³-hybridized carbons (Fsp3) is 0.0556. The number of thioether (sulfide) groups is 1. The van der Waals surface area contributed by atoms with Crippen molar-refractivity contribution in [3.8, 4) is 0 Å². The third kappa shape index (κ3) is 4.61. The Bertz CT molecular complexity index is 1040. The normalized spacial score (nSPS) is 11.4. The van der Waals surface area contributed by atoms with E-state index in [4.69, 9.17) is 0 Å². The van der Waals surface area contributed by atoms with Crippen molar-refractivity contribution < 1.29 is 21.6 Å². The van der Waals surface area contributed by atoms with Crippen LogP contribution in [0.4, 0.5) is 18.9 Å². The van der Waals surface area contributed by atoms with E-state index in [1.807, 2.05) is 12.1 Å². The third-order valence-electron chi connectivity index (χ3n) is 3.52. The zero-order chi connectivity index (χ0) is 19.4. The van der Waals surface area contributed by atoms with E-state index in [-0.39, 0.29) is 5.69 Å². The number of hydrogen-bond acceptors (Lipinski definition) is 4. The number of aromatic nitrogens is 1. The van der Waals surface area contributed by atoms with Crippen LogP contribution in [0.15, 0.2) is 70.7 Å². The summed E-state index contributed by atoms with van der Waals surface area (Å²) < 4.78 is 66.6. The molecule has 0 spiro atoms. The van der Waals surface area contributed by atoms with Gasteiger partial charge in [-0.25, -0.2) is 21.6 Å². The van der Waals surface area contributed by atoms with E-state index in [2.05, 4.69) is 9.71 Å². The maximum Gasteiger partial charge on any atom is 0.264 e. The zero-order valence-electron chi connectivity index (χ0n) is 13.7. The van der Waals surface area contributed by atoms with Crippen LogP contribution in [0.5, 0.6) is 0 Å². The molecular formula is C18H13F3N2O2S2. The molecule has 27 heavy (non-hydrogen) atoms. The van der Waals surface area contributed by atoms with Gasteiger partial charge in [-0.15, -0.1) is 11.8 Å². The van der Waals surface area contributed by atoms with Crippen LogP contribution in [0, 0.1) is 17.5 Å². The molecule has 3 aromatic rings. The van der Waals surface area contributed by atoms with Crippen LogP contribution in [-0.4, -0.2) is 13.4 Å². The summed E-state index contributed by atoms with van der Waals surface area (Å²) in [4.78, 5) is 3.96. The molecule has 0 saturated heterocycles. The van der Waals surface area contributed by atoms with E-state index in [9.17, 15) is 21.6 Å². The van der Waals surface area contributed by atoms with E-state index >= 15 is 0 Å². The van der Waals surface area contributed by atoms with Gasteiger partial charge in [0.1, 0.15) is 4.90 Å². The standard InChI is InChI=1S/C18H13F3N2O2S2/c19-15-7-8-16(18(21)17(15)20)27(24,25)23-13-3-5-14(6-4-13)26-11-12-2-1-9-22-10-12/h1-10,23H,11H2. The van der Waals surface area contributed by atoms with Crippen molar-refractivity contribution in [3.05, 3.63) is 83.9 Å². The lowest BCUT2D eigenvalue weighted by molar-refractivity contribution is 0.432. The zero-order valence-corrected chi connectivity index (χ0v) is 15.3. The van der Waals surface area contributed by atoms with Crippen molar-refractivity contribution in [2.45, 2.75) is 15.5 Å². The number of nitrogens with one attached hydrogen (secondary N) is 1. The monoisotopic (exact) mass is 410 g/mol. The number of rotatable bonds is 6. The summed E-state index contributed by atoms with van der Waals surface area (Å²) in [7, 11) is -4.40. The molecule has 0 aliphatic rings. The molecule has 0 atom stereocenters. The minimum Gasteiger partial charge on any atom is -0.280 e. The van der Waals surface area contributed by atoms with Gasteiger partial charge >= 0.3 is 0 Å². The predicted molar refractivity (Wildman–Crippen MR) is 97.4 cm³/mol. The minimum atomic E-state index is -4.40. The van der Waals surface area contributed by atoms with Crippen LogP contribution in [0.25, 0.3) is 0 Å². The molecule has 4 nitrogen and oxygen atoms in total. The van der Waals surface area contributed by atoms with Crippen LogP contribution >= 0.6 is 11.8 Å². The third-order valence-corrected chi connectivity index (χ3v) is 6.01. The largest absolute Gasteiger partial charge is 0.280 e. The molecule has 1 aromatic heterocycles. The number of anilines is 1. The van der Waals surface area contributed by atoms with Crippen LogP contribution in [0.3, 0.4) is 0 Å². The molecule has 1 N–H and O–H groups in total. The Morgan fingerprint density at radius 2 is 1.70 bits per heavy atom. The smallest absolute Gasteiger partial charge is 0.264 e. The molecule has 0 saturated carbocycles. The van der Waals surface area contributed by atoms with Gasteiger partial charge in [-0.2, -0.15) is 0 Å². The summed E-state index contributed by atoms with van der Waals surface area (Å²) in [6.07, 6.45) is 3.44. The van der Waals surface area contributed by atoms with E-state index in [1.165, 1.54) is 23.9 Å². The van der Waals surface area contributed by atoms with Crippen LogP contribution in [0.2, 0.25) is 0 Å². The van der Waals surface area contributed by atoms with Gasteiger partial charge in [-0.3, -0.25) is 9.71 Å². The van der Waals surface area contributed by atoms with Crippen molar-refractivity contribution in [1.29, 1.82) is 0 Å². The van der Waals surface area contributed by atoms with Gasteiger partial charge in [0.2, 0.25) is 0 Å². The van der Waals surface area contributed by atoms with Gasteiger partial charge in [0, 0.05) is 28.7 Å². The van der Waals surface area contributed by atoms with Crippen LogP contribution in [-0.2, 0) is 15.8 Å². The Hall–Kier alpha value is -2.52. The maximum absolute atomic E-state index is 13.7. The second-order valence-corrected chi connectivity index (χ2v) is 8.15. The molecule has 2 aromatic carbocycles. The minimum absolute atomic E-state index is 0.171. The average Bonchev–Trinajstić information content (AvgIpc) is 2.66. The number of benzene rings is 2. The van der Waals surface area contributed by atoms with Crippen LogP contribution < -0.4 is 4.72 Å². The first-order valence-corrected chi connectivity index (χ1v) is 10.1. The molecule has 3 rings (SSSR count). The number of sulfonamides is 1. The van der Waals surface area contributed by atoms with Gasteiger partial charge in [0.05, 0.1) is 0 Å². The first kappa shape index (κ1) is 19.2. The van der Waals surface area contributed by atoms with Crippen molar-refractivity contribution in [3.63, 3.8) is 0 Å². The Labute approximate surface area is 158 Å². The molecule has 140 valence electrons. The second kappa shape index (κ2) is 8.01. The van der Waals surface area contributed by atoms with Gasteiger partial charge in [-0.1, -0.05) is 6.07 Å². The molecule has 9 heteroatoms. The average molecular weight is 410 g/mol. The Kier molecular flexibility index (Phi) is 5.71. The van der Waals surface area contributed by atoms with Crippen molar-refractivity contribution >= 4 is 27.5 Å². The summed E-state index contributed by atoms with van der Waals surface area (Å²) in [6, 6.07) is 11.4. The lowest BCUT2D eigenvalue weighted by Crippen LogP contribution is -2.15. The first-order chi connectivity index (χ1) is 12.9. The fourth-order valence-corrected chi connectivity index (χ4v) is 4.16.